The van der Waals surface area contributed by atoms with Gasteiger partial charge in [-0.2, -0.15) is 0 Å². The summed E-state index contributed by atoms with van der Waals surface area (Å²) in [7, 11) is 0. The summed E-state index contributed by atoms with van der Waals surface area (Å²) in [6.45, 7) is 5.73. The Morgan fingerprint density at radius 1 is 1.28 bits per heavy atom. The van der Waals surface area contributed by atoms with Gasteiger partial charge < -0.3 is 10.1 Å². The molecule has 1 unspecified atom stereocenters. The van der Waals surface area contributed by atoms with Crippen molar-refractivity contribution in [2.75, 3.05) is 13.1 Å². The van der Waals surface area contributed by atoms with Gasteiger partial charge in [0.15, 0.2) is 0 Å². The smallest absolute Gasteiger partial charge is 0.406 e. The van der Waals surface area contributed by atoms with Crippen LogP contribution in [0.1, 0.15) is 31.7 Å². The van der Waals surface area contributed by atoms with E-state index in [4.69, 9.17) is 0 Å². The molecule has 5 heteroatoms. The van der Waals surface area contributed by atoms with Gasteiger partial charge in [0.2, 0.25) is 0 Å². The molecule has 0 radical (unpaired) electrons. The van der Waals surface area contributed by atoms with Crippen molar-refractivity contribution < 1.29 is 17.9 Å². The van der Waals surface area contributed by atoms with Crippen LogP contribution in [-0.2, 0) is 0 Å². The lowest BCUT2D eigenvalue weighted by atomic mass is 9.98. The molecule has 1 N–H and O–H groups in total. The standard InChI is InChI=1S/C11H12F3NO.C2H6/c12-11(13,14)16-10-3-1-2-8(6-10)9-4-5-15-7-9;1-2/h1-3,6,9,15H,4-5,7H2;1-2H3. The lowest BCUT2D eigenvalue weighted by Gasteiger charge is -2.12. The number of ether oxygens (including phenoxy) is 1. The first-order valence-electron chi connectivity index (χ1n) is 6.11. The zero-order chi connectivity index (χ0) is 13.6. The van der Waals surface area contributed by atoms with Gasteiger partial charge in [-0.1, -0.05) is 26.0 Å². The van der Waals surface area contributed by atoms with Crippen molar-refractivity contribution in [1.82, 2.24) is 5.32 Å². The largest absolute Gasteiger partial charge is 0.573 e. The van der Waals surface area contributed by atoms with Crippen molar-refractivity contribution in [3.63, 3.8) is 0 Å². The second-order valence-electron chi connectivity index (χ2n) is 3.81. The predicted octanol–water partition coefficient (Wildman–Crippen LogP) is 3.69. The number of rotatable bonds is 2. The van der Waals surface area contributed by atoms with E-state index in [9.17, 15) is 13.2 Å². The van der Waals surface area contributed by atoms with E-state index in [0.29, 0.717) is 0 Å². The molecule has 0 amide bonds. The van der Waals surface area contributed by atoms with Gasteiger partial charge in [-0.3, -0.25) is 0 Å². The summed E-state index contributed by atoms with van der Waals surface area (Å²) in [5, 5.41) is 3.18. The molecule has 1 atom stereocenters. The summed E-state index contributed by atoms with van der Waals surface area (Å²) in [6, 6.07) is 6.21. The molecule has 1 saturated heterocycles. The van der Waals surface area contributed by atoms with Crippen molar-refractivity contribution in [2.45, 2.75) is 32.5 Å². The Balaban J connectivity index is 0.000000771. The minimum absolute atomic E-state index is 0.142. The second-order valence-corrected chi connectivity index (χ2v) is 3.81. The van der Waals surface area contributed by atoms with Gasteiger partial charge in [-0.05, 0) is 36.6 Å². The van der Waals surface area contributed by atoms with Gasteiger partial charge in [0.05, 0.1) is 0 Å². The summed E-state index contributed by atoms with van der Waals surface area (Å²) < 4.78 is 39.9. The molecular formula is C13H18F3NO. The predicted molar refractivity (Wildman–Crippen MR) is 64.7 cm³/mol. The quantitative estimate of drug-likeness (QED) is 0.876. The molecule has 2 rings (SSSR count). The minimum Gasteiger partial charge on any atom is -0.406 e. The zero-order valence-electron chi connectivity index (χ0n) is 10.6. The molecule has 1 aliphatic rings. The van der Waals surface area contributed by atoms with E-state index < -0.39 is 6.36 Å². The van der Waals surface area contributed by atoms with Crippen LogP contribution in [0.25, 0.3) is 0 Å². The zero-order valence-corrected chi connectivity index (χ0v) is 10.6. The Bertz CT molecular complexity index is 359. The fourth-order valence-corrected chi connectivity index (χ4v) is 1.90. The molecule has 0 saturated carbocycles. The molecule has 1 aromatic carbocycles. The molecule has 1 fully saturated rings. The number of hydrogen-bond acceptors (Lipinski definition) is 2. The fourth-order valence-electron chi connectivity index (χ4n) is 1.90. The summed E-state index contributed by atoms with van der Waals surface area (Å²) in [5.41, 5.74) is 0.895. The van der Waals surface area contributed by atoms with E-state index in [0.717, 1.165) is 25.1 Å². The topological polar surface area (TPSA) is 21.3 Å². The van der Waals surface area contributed by atoms with Crippen LogP contribution in [0, 0.1) is 0 Å². The second kappa shape index (κ2) is 6.64. The average Bonchev–Trinajstić information content (AvgIpc) is 2.83. The van der Waals surface area contributed by atoms with E-state index in [1.54, 1.807) is 6.07 Å². The third-order valence-corrected chi connectivity index (χ3v) is 2.62. The molecular weight excluding hydrogens is 243 g/mol. The molecule has 0 spiro atoms. The molecule has 0 aliphatic carbocycles. The van der Waals surface area contributed by atoms with Gasteiger partial charge in [0.1, 0.15) is 5.75 Å². The first-order chi connectivity index (χ1) is 8.54. The molecule has 1 aliphatic heterocycles. The van der Waals surface area contributed by atoms with E-state index in [1.165, 1.54) is 12.1 Å². The van der Waals surface area contributed by atoms with Gasteiger partial charge in [0, 0.05) is 6.54 Å². The van der Waals surface area contributed by atoms with Gasteiger partial charge in [-0.15, -0.1) is 13.2 Å². The number of benzene rings is 1. The number of hydrogen-bond donors (Lipinski definition) is 1. The van der Waals surface area contributed by atoms with Gasteiger partial charge in [-0.25, -0.2) is 0 Å². The summed E-state index contributed by atoms with van der Waals surface area (Å²) >= 11 is 0. The van der Waals surface area contributed by atoms with Crippen LogP contribution in [0.15, 0.2) is 24.3 Å². The summed E-state index contributed by atoms with van der Waals surface area (Å²) in [4.78, 5) is 0. The third kappa shape index (κ3) is 4.56. The maximum atomic E-state index is 12.0. The molecule has 102 valence electrons. The van der Waals surface area contributed by atoms with Crippen LogP contribution in [-0.4, -0.2) is 19.5 Å². The third-order valence-electron chi connectivity index (χ3n) is 2.62. The normalized spacial score (nSPS) is 19.1. The molecule has 1 heterocycles. The Morgan fingerprint density at radius 3 is 2.56 bits per heavy atom. The first-order valence-corrected chi connectivity index (χ1v) is 6.11. The van der Waals surface area contributed by atoms with Crippen LogP contribution >= 0.6 is 0 Å². The molecule has 0 aromatic heterocycles. The van der Waals surface area contributed by atoms with E-state index in [1.807, 2.05) is 19.9 Å². The van der Waals surface area contributed by atoms with Crippen molar-refractivity contribution in [1.29, 1.82) is 0 Å². The van der Waals surface area contributed by atoms with Crippen LogP contribution < -0.4 is 10.1 Å². The lowest BCUT2D eigenvalue weighted by Crippen LogP contribution is -2.17. The maximum Gasteiger partial charge on any atom is 0.573 e. The highest BCUT2D eigenvalue weighted by Gasteiger charge is 2.31. The monoisotopic (exact) mass is 261 g/mol. The van der Waals surface area contributed by atoms with E-state index in [-0.39, 0.29) is 11.7 Å². The van der Waals surface area contributed by atoms with Crippen LogP contribution in [0.2, 0.25) is 0 Å². The minimum atomic E-state index is -4.62. The van der Waals surface area contributed by atoms with Crippen molar-refractivity contribution in [3.05, 3.63) is 29.8 Å². The highest BCUT2D eigenvalue weighted by molar-refractivity contribution is 5.31. The molecule has 1 aromatic rings. The molecule has 18 heavy (non-hydrogen) atoms. The summed E-state index contributed by atoms with van der Waals surface area (Å²) in [6.07, 6.45) is -3.66. The Kier molecular flexibility index (Phi) is 5.47. The van der Waals surface area contributed by atoms with Crippen molar-refractivity contribution >= 4 is 0 Å². The van der Waals surface area contributed by atoms with Crippen LogP contribution in [0.4, 0.5) is 13.2 Å². The van der Waals surface area contributed by atoms with Gasteiger partial charge in [0.25, 0.3) is 0 Å². The Labute approximate surface area is 105 Å². The highest BCUT2D eigenvalue weighted by atomic mass is 19.4. The first kappa shape index (κ1) is 14.8. The van der Waals surface area contributed by atoms with E-state index >= 15 is 0 Å². The van der Waals surface area contributed by atoms with Crippen LogP contribution in [0.5, 0.6) is 5.75 Å². The maximum absolute atomic E-state index is 12.0. The highest BCUT2D eigenvalue weighted by Crippen LogP contribution is 2.28. The van der Waals surface area contributed by atoms with Crippen molar-refractivity contribution in [2.24, 2.45) is 0 Å². The fraction of sp³-hybridized carbons (Fsp3) is 0.538. The number of nitrogens with one attached hydrogen (secondary N) is 1. The average molecular weight is 261 g/mol. The number of halogens is 3. The van der Waals surface area contributed by atoms with Gasteiger partial charge >= 0.3 is 6.36 Å². The van der Waals surface area contributed by atoms with Crippen molar-refractivity contribution in [3.8, 4) is 5.75 Å². The molecule has 0 bridgehead atoms. The van der Waals surface area contributed by atoms with Crippen LogP contribution in [0.3, 0.4) is 0 Å². The Morgan fingerprint density at radius 2 is 2.00 bits per heavy atom. The lowest BCUT2D eigenvalue weighted by molar-refractivity contribution is -0.274. The van der Waals surface area contributed by atoms with E-state index in [2.05, 4.69) is 10.1 Å². The summed E-state index contributed by atoms with van der Waals surface area (Å²) in [5.74, 6) is 0.147. The Hall–Kier alpha value is -1.23. The molecule has 2 nitrogen and oxygen atoms in total. The number of alkyl halides is 3. The SMILES string of the molecule is CC.FC(F)(F)Oc1cccc(C2CCNC2)c1.